The molecule has 3 aromatic carbocycles. The first-order chi connectivity index (χ1) is 13.3. The summed E-state index contributed by atoms with van der Waals surface area (Å²) < 4.78 is 0. The van der Waals surface area contributed by atoms with Crippen LogP contribution in [0.4, 0.5) is 11.4 Å². The molecule has 0 saturated heterocycles. The van der Waals surface area contributed by atoms with Gasteiger partial charge in [-0.05, 0) is 42.0 Å². The van der Waals surface area contributed by atoms with Crippen LogP contribution >= 0.6 is 11.8 Å². The lowest BCUT2D eigenvalue weighted by molar-refractivity contribution is 0.0934. The Balaban J connectivity index is 1.60. The monoisotopic (exact) mass is 375 g/mol. The van der Waals surface area contributed by atoms with Crippen molar-refractivity contribution in [2.75, 3.05) is 11.4 Å². The Hall–Kier alpha value is -2.76. The average molecular weight is 375 g/mol. The summed E-state index contributed by atoms with van der Waals surface area (Å²) in [4.78, 5) is 16.9. The second-order valence-corrected chi connectivity index (χ2v) is 7.39. The number of nitrogens with zero attached hydrogens (tertiary/aromatic N) is 1. The van der Waals surface area contributed by atoms with Gasteiger partial charge in [0.25, 0.3) is 5.91 Å². The van der Waals surface area contributed by atoms with Crippen LogP contribution in [0.3, 0.4) is 0 Å². The second-order valence-electron chi connectivity index (χ2n) is 6.31. The Labute approximate surface area is 163 Å². The number of fused-ring (bicyclic) bond motifs is 2. The summed E-state index contributed by atoms with van der Waals surface area (Å²) in [6.07, 6.45) is 0. The van der Waals surface area contributed by atoms with E-state index in [1.165, 1.54) is 21.2 Å². The molecule has 2 N–H and O–H groups in total. The van der Waals surface area contributed by atoms with Crippen LogP contribution in [0.15, 0.2) is 82.6 Å². The lowest BCUT2D eigenvalue weighted by Crippen LogP contribution is -2.37. The molecule has 0 aliphatic carbocycles. The Morgan fingerprint density at radius 2 is 1.48 bits per heavy atom. The molecule has 1 aliphatic heterocycles. The zero-order valence-corrected chi connectivity index (χ0v) is 15.9. The topological polar surface area (TPSA) is 44.4 Å². The van der Waals surface area contributed by atoms with Crippen molar-refractivity contribution in [2.45, 2.75) is 23.3 Å². The molecule has 1 heterocycles. The highest BCUT2D eigenvalue weighted by Gasteiger charge is 2.22. The molecule has 3 aromatic rings. The van der Waals surface area contributed by atoms with Crippen molar-refractivity contribution in [2.24, 2.45) is 0 Å². The van der Waals surface area contributed by atoms with Gasteiger partial charge in [-0.3, -0.25) is 10.2 Å². The molecule has 0 spiro atoms. The molecule has 0 fully saturated rings. The van der Waals surface area contributed by atoms with Gasteiger partial charge in [-0.2, -0.15) is 0 Å². The lowest BCUT2D eigenvalue weighted by atomic mass is 10.1. The van der Waals surface area contributed by atoms with Crippen LogP contribution in [-0.4, -0.2) is 12.5 Å². The number of anilines is 2. The molecular weight excluding hydrogens is 354 g/mol. The van der Waals surface area contributed by atoms with E-state index in [1.54, 1.807) is 0 Å². The summed E-state index contributed by atoms with van der Waals surface area (Å²) in [7, 11) is 0. The minimum Gasteiger partial charge on any atom is -0.335 e. The SMILES string of the molecule is CCNNC(=O)c1ccc(CN2c3ccccc3Sc3ccccc32)cc1. The maximum atomic E-state index is 12.0. The van der Waals surface area contributed by atoms with E-state index >= 15 is 0 Å². The van der Waals surface area contributed by atoms with Crippen LogP contribution in [0, 0.1) is 0 Å². The van der Waals surface area contributed by atoms with E-state index in [4.69, 9.17) is 0 Å². The number of para-hydroxylation sites is 2. The third-order valence-corrected chi connectivity index (χ3v) is 5.60. The Morgan fingerprint density at radius 1 is 0.889 bits per heavy atom. The number of amides is 1. The predicted octanol–water partition coefficient (Wildman–Crippen LogP) is 4.74. The summed E-state index contributed by atoms with van der Waals surface area (Å²) in [5.74, 6) is -0.117. The zero-order valence-electron chi connectivity index (χ0n) is 15.1. The van der Waals surface area contributed by atoms with Crippen molar-refractivity contribution < 1.29 is 4.79 Å². The normalized spacial score (nSPS) is 12.3. The van der Waals surface area contributed by atoms with Crippen LogP contribution in [0.5, 0.6) is 0 Å². The number of benzene rings is 3. The molecule has 0 unspecified atom stereocenters. The fourth-order valence-corrected chi connectivity index (χ4v) is 4.23. The van der Waals surface area contributed by atoms with Crippen molar-refractivity contribution in [1.29, 1.82) is 0 Å². The Kier molecular flexibility index (Phi) is 5.14. The highest BCUT2D eigenvalue weighted by Crippen LogP contribution is 2.48. The first-order valence-corrected chi connectivity index (χ1v) is 9.83. The quantitative estimate of drug-likeness (QED) is 0.632. The van der Waals surface area contributed by atoms with Gasteiger partial charge in [-0.25, -0.2) is 5.43 Å². The van der Waals surface area contributed by atoms with E-state index in [2.05, 4.69) is 64.3 Å². The van der Waals surface area contributed by atoms with E-state index in [-0.39, 0.29) is 5.91 Å². The molecular formula is C22H21N3OS. The standard InChI is InChI=1S/C22H21N3OS/c1-2-23-24-22(26)17-13-11-16(12-14-17)15-25-18-7-3-5-9-20(18)27-21-10-6-4-8-19(21)25/h3-14,23H,2,15H2,1H3,(H,24,26). The molecule has 136 valence electrons. The van der Waals surface area contributed by atoms with Crippen LogP contribution in [0.1, 0.15) is 22.8 Å². The maximum Gasteiger partial charge on any atom is 0.265 e. The molecule has 27 heavy (non-hydrogen) atoms. The van der Waals surface area contributed by atoms with Gasteiger partial charge < -0.3 is 4.90 Å². The summed E-state index contributed by atoms with van der Waals surface area (Å²) in [6.45, 7) is 3.38. The molecule has 0 saturated carbocycles. The minimum atomic E-state index is -0.117. The lowest BCUT2D eigenvalue weighted by Gasteiger charge is -2.32. The van der Waals surface area contributed by atoms with Gasteiger partial charge in [-0.15, -0.1) is 0 Å². The highest BCUT2D eigenvalue weighted by molar-refractivity contribution is 7.99. The summed E-state index contributed by atoms with van der Waals surface area (Å²) >= 11 is 1.81. The number of nitrogens with one attached hydrogen (secondary N) is 2. The molecule has 1 aliphatic rings. The summed E-state index contributed by atoms with van der Waals surface area (Å²) in [5.41, 5.74) is 9.75. The number of carbonyl (C=O) groups excluding carboxylic acids is 1. The van der Waals surface area contributed by atoms with Gasteiger partial charge in [0.05, 0.1) is 11.4 Å². The van der Waals surface area contributed by atoms with Crippen molar-refractivity contribution in [3.8, 4) is 0 Å². The van der Waals surface area contributed by atoms with E-state index in [0.29, 0.717) is 12.1 Å². The minimum absolute atomic E-state index is 0.117. The molecule has 0 aromatic heterocycles. The van der Waals surface area contributed by atoms with E-state index in [0.717, 1.165) is 12.1 Å². The number of hydrazine groups is 1. The highest BCUT2D eigenvalue weighted by atomic mass is 32.2. The molecule has 5 heteroatoms. The maximum absolute atomic E-state index is 12.0. The van der Waals surface area contributed by atoms with Crippen molar-refractivity contribution in [3.05, 3.63) is 83.9 Å². The second kappa shape index (κ2) is 7.86. The third-order valence-electron chi connectivity index (χ3n) is 4.47. The van der Waals surface area contributed by atoms with E-state index in [1.807, 2.05) is 43.0 Å². The molecule has 0 bridgehead atoms. The number of rotatable bonds is 5. The average Bonchev–Trinajstić information content (AvgIpc) is 2.72. The smallest absolute Gasteiger partial charge is 0.265 e. The van der Waals surface area contributed by atoms with Gasteiger partial charge in [0.1, 0.15) is 0 Å². The number of carbonyl (C=O) groups is 1. The molecule has 1 amide bonds. The van der Waals surface area contributed by atoms with Crippen molar-refractivity contribution in [1.82, 2.24) is 10.9 Å². The van der Waals surface area contributed by atoms with E-state index < -0.39 is 0 Å². The Morgan fingerprint density at radius 3 is 2.07 bits per heavy atom. The van der Waals surface area contributed by atoms with Gasteiger partial charge in [-0.1, -0.05) is 55.1 Å². The van der Waals surface area contributed by atoms with E-state index in [9.17, 15) is 4.79 Å². The number of hydrogen-bond donors (Lipinski definition) is 2. The Bertz CT molecular complexity index is 910. The third kappa shape index (κ3) is 3.70. The first kappa shape index (κ1) is 17.6. The van der Waals surface area contributed by atoms with Crippen LogP contribution in [-0.2, 0) is 6.54 Å². The van der Waals surface area contributed by atoms with Crippen molar-refractivity contribution >= 4 is 29.0 Å². The van der Waals surface area contributed by atoms with Crippen LogP contribution in [0.2, 0.25) is 0 Å². The van der Waals surface area contributed by atoms with Gasteiger partial charge in [0.2, 0.25) is 0 Å². The summed E-state index contributed by atoms with van der Waals surface area (Å²) in [5, 5.41) is 0. The summed E-state index contributed by atoms with van der Waals surface area (Å²) in [6, 6.07) is 24.8. The van der Waals surface area contributed by atoms with Gasteiger partial charge >= 0.3 is 0 Å². The van der Waals surface area contributed by atoms with Crippen LogP contribution in [0.25, 0.3) is 0 Å². The first-order valence-electron chi connectivity index (χ1n) is 9.02. The fourth-order valence-electron chi connectivity index (χ4n) is 3.14. The predicted molar refractivity (Wildman–Crippen MR) is 110 cm³/mol. The van der Waals surface area contributed by atoms with Gasteiger partial charge in [0, 0.05) is 28.4 Å². The van der Waals surface area contributed by atoms with Crippen molar-refractivity contribution in [3.63, 3.8) is 0 Å². The molecule has 4 nitrogen and oxygen atoms in total. The largest absolute Gasteiger partial charge is 0.335 e. The van der Waals surface area contributed by atoms with Gasteiger partial charge in [0.15, 0.2) is 0 Å². The zero-order chi connectivity index (χ0) is 18.6. The number of hydrogen-bond acceptors (Lipinski definition) is 4. The molecule has 4 rings (SSSR count). The molecule has 0 atom stereocenters. The van der Waals surface area contributed by atoms with Crippen LogP contribution < -0.4 is 15.8 Å². The fraction of sp³-hybridized carbons (Fsp3) is 0.136. The molecule has 0 radical (unpaired) electrons.